The molecule has 1 unspecified atom stereocenters. The fourth-order valence-electron chi connectivity index (χ4n) is 1.68. The Balaban J connectivity index is 3.26. The first-order valence-corrected chi connectivity index (χ1v) is 5.74. The van der Waals surface area contributed by atoms with E-state index in [9.17, 15) is 14.3 Å². The molecule has 0 amide bonds. The summed E-state index contributed by atoms with van der Waals surface area (Å²) in [5.74, 6) is -0.393. The molecule has 0 saturated heterocycles. The summed E-state index contributed by atoms with van der Waals surface area (Å²) in [5.41, 5.74) is 0.393. The first-order chi connectivity index (χ1) is 9.08. The van der Waals surface area contributed by atoms with Crippen LogP contribution in [-0.4, -0.2) is 31.9 Å². The molecule has 1 N–H and O–H groups in total. The van der Waals surface area contributed by atoms with Crippen molar-refractivity contribution in [3.05, 3.63) is 23.3 Å². The minimum atomic E-state index is -1.55. The Labute approximate surface area is 110 Å². The number of hydrogen-bond donors (Lipinski definition) is 1. The minimum absolute atomic E-state index is 0.118. The van der Waals surface area contributed by atoms with Crippen LogP contribution in [0.5, 0.6) is 11.5 Å². The molecule has 0 heterocycles. The lowest BCUT2D eigenvalue weighted by Crippen LogP contribution is -2.16. The highest BCUT2D eigenvalue weighted by Gasteiger charge is 2.25. The number of benzene rings is 1. The van der Waals surface area contributed by atoms with Crippen LogP contribution in [0.15, 0.2) is 12.1 Å². The number of esters is 1. The van der Waals surface area contributed by atoms with Gasteiger partial charge in [0.15, 0.2) is 17.6 Å². The number of rotatable bonds is 6. The number of aliphatic hydroxyl groups excluding tert-OH is 1. The third kappa shape index (κ3) is 3.35. The normalized spacial score (nSPS) is 11.8. The van der Waals surface area contributed by atoms with Crippen molar-refractivity contribution in [1.82, 2.24) is 0 Å². The molecular weight excluding hydrogens is 255 g/mol. The van der Waals surface area contributed by atoms with Gasteiger partial charge in [-0.05, 0) is 24.6 Å². The zero-order valence-electron chi connectivity index (χ0n) is 11.1. The number of alkyl halides is 1. The molecule has 0 aliphatic carbocycles. The first kappa shape index (κ1) is 15.2. The van der Waals surface area contributed by atoms with Crippen molar-refractivity contribution >= 4 is 5.97 Å². The van der Waals surface area contributed by atoms with Gasteiger partial charge in [0, 0.05) is 5.56 Å². The zero-order chi connectivity index (χ0) is 14.4. The zero-order valence-corrected chi connectivity index (χ0v) is 11.1. The second kappa shape index (κ2) is 6.94. The molecule has 0 radical (unpaired) electrons. The van der Waals surface area contributed by atoms with Gasteiger partial charge < -0.3 is 19.3 Å². The molecule has 106 valence electrons. The van der Waals surface area contributed by atoms with Gasteiger partial charge in [-0.25, -0.2) is 9.18 Å². The van der Waals surface area contributed by atoms with E-state index in [2.05, 4.69) is 0 Å². The molecule has 6 heteroatoms. The predicted molar refractivity (Wildman–Crippen MR) is 66.0 cm³/mol. The van der Waals surface area contributed by atoms with Crippen molar-refractivity contribution in [2.75, 3.05) is 20.8 Å². The first-order valence-electron chi connectivity index (χ1n) is 5.74. The number of hydrogen-bond acceptors (Lipinski definition) is 5. The lowest BCUT2D eigenvalue weighted by atomic mass is 10.0. The quantitative estimate of drug-likeness (QED) is 0.799. The van der Waals surface area contributed by atoms with Crippen LogP contribution in [0.3, 0.4) is 0 Å². The number of carbonyl (C=O) groups excluding carboxylic acids is 1. The van der Waals surface area contributed by atoms with E-state index in [1.165, 1.54) is 26.4 Å². The molecule has 0 spiro atoms. The highest BCUT2D eigenvalue weighted by atomic mass is 19.1. The molecule has 1 atom stereocenters. The second-order valence-electron chi connectivity index (χ2n) is 3.71. The Morgan fingerprint density at radius 1 is 1.37 bits per heavy atom. The van der Waals surface area contributed by atoms with Crippen molar-refractivity contribution in [2.24, 2.45) is 0 Å². The van der Waals surface area contributed by atoms with E-state index in [1.54, 1.807) is 6.92 Å². The third-order valence-corrected chi connectivity index (χ3v) is 2.53. The molecule has 19 heavy (non-hydrogen) atoms. The molecule has 0 saturated carbocycles. The van der Waals surface area contributed by atoms with Crippen LogP contribution in [0.2, 0.25) is 0 Å². The van der Waals surface area contributed by atoms with Gasteiger partial charge >= 0.3 is 5.97 Å². The SMILES string of the molecule is CCOC(=O)C(O)c1cc(CF)cc(OC)c1OC. The van der Waals surface area contributed by atoms with E-state index in [4.69, 9.17) is 14.2 Å². The topological polar surface area (TPSA) is 65.0 Å². The minimum Gasteiger partial charge on any atom is -0.493 e. The Hall–Kier alpha value is -1.82. The summed E-state index contributed by atoms with van der Waals surface area (Å²) in [5, 5.41) is 9.94. The third-order valence-electron chi connectivity index (χ3n) is 2.53. The highest BCUT2D eigenvalue weighted by Crippen LogP contribution is 2.36. The number of ether oxygens (including phenoxy) is 3. The Bertz CT molecular complexity index is 447. The molecule has 0 aliphatic rings. The monoisotopic (exact) mass is 272 g/mol. The molecule has 0 fully saturated rings. The molecule has 5 nitrogen and oxygen atoms in total. The lowest BCUT2D eigenvalue weighted by Gasteiger charge is -2.17. The van der Waals surface area contributed by atoms with E-state index in [0.29, 0.717) is 0 Å². The van der Waals surface area contributed by atoms with Gasteiger partial charge in [-0.1, -0.05) is 0 Å². The molecule has 0 aromatic heterocycles. The maximum Gasteiger partial charge on any atom is 0.339 e. The molecule has 1 rings (SSSR count). The van der Waals surface area contributed by atoms with E-state index in [1.807, 2.05) is 0 Å². The summed E-state index contributed by atoms with van der Waals surface area (Å²) < 4.78 is 27.7. The average Bonchev–Trinajstić information content (AvgIpc) is 2.44. The fourth-order valence-corrected chi connectivity index (χ4v) is 1.68. The van der Waals surface area contributed by atoms with Crippen LogP contribution in [0.25, 0.3) is 0 Å². The summed E-state index contributed by atoms with van der Waals surface area (Å²) in [6, 6.07) is 2.79. The summed E-state index contributed by atoms with van der Waals surface area (Å²) >= 11 is 0. The second-order valence-corrected chi connectivity index (χ2v) is 3.71. The Morgan fingerprint density at radius 3 is 2.53 bits per heavy atom. The van der Waals surface area contributed by atoms with Crippen molar-refractivity contribution in [3.63, 3.8) is 0 Å². The van der Waals surface area contributed by atoms with Crippen LogP contribution in [0.4, 0.5) is 4.39 Å². The van der Waals surface area contributed by atoms with Crippen molar-refractivity contribution in [2.45, 2.75) is 19.7 Å². The van der Waals surface area contributed by atoms with E-state index < -0.39 is 18.7 Å². The highest BCUT2D eigenvalue weighted by molar-refractivity contribution is 5.78. The van der Waals surface area contributed by atoms with E-state index >= 15 is 0 Å². The largest absolute Gasteiger partial charge is 0.493 e. The number of methoxy groups -OCH3 is 2. The summed E-state index contributed by atoms with van der Waals surface area (Å²) in [6.45, 7) is 1.02. The number of carbonyl (C=O) groups is 1. The van der Waals surface area contributed by atoms with Crippen LogP contribution in [-0.2, 0) is 16.2 Å². The number of halogens is 1. The van der Waals surface area contributed by atoms with Gasteiger partial charge in [-0.3, -0.25) is 0 Å². The number of aliphatic hydroxyl groups is 1. The summed E-state index contributed by atoms with van der Waals surface area (Å²) in [4.78, 5) is 11.5. The smallest absolute Gasteiger partial charge is 0.339 e. The van der Waals surface area contributed by atoms with Crippen molar-refractivity contribution in [3.8, 4) is 11.5 Å². The van der Waals surface area contributed by atoms with Gasteiger partial charge in [0.25, 0.3) is 0 Å². The molecule has 0 aliphatic heterocycles. The maximum atomic E-state index is 12.8. The summed E-state index contributed by atoms with van der Waals surface area (Å²) in [6.07, 6.45) is -1.55. The fraction of sp³-hybridized carbons (Fsp3) is 0.462. The van der Waals surface area contributed by atoms with Crippen molar-refractivity contribution < 1.29 is 28.5 Å². The van der Waals surface area contributed by atoms with Gasteiger partial charge in [0.1, 0.15) is 6.67 Å². The van der Waals surface area contributed by atoms with Crippen molar-refractivity contribution in [1.29, 1.82) is 0 Å². The molecule has 1 aromatic rings. The van der Waals surface area contributed by atoms with Crippen LogP contribution in [0, 0.1) is 0 Å². The summed E-state index contributed by atoms with van der Waals surface area (Å²) in [7, 11) is 2.76. The van der Waals surface area contributed by atoms with Gasteiger partial charge in [-0.15, -0.1) is 0 Å². The van der Waals surface area contributed by atoms with E-state index in [0.717, 1.165) is 0 Å². The molecule has 1 aromatic carbocycles. The standard InChI is InChI=1S/C13H17FO5/c1-4-19-13(16)11(15)9-5-8(7-14)6-10(17-2)12(9)18-3/h5-6,11,15H,4,7H2,1-3H3. The average molecular weight is 272 g/mol. The maximum absolute atomic E-state index is 12.8. The Kier molecular flexibility index (Phi) is 5.57. The van der Waals surface area contributed by atoms with Gasteiger partial charge in [0.2, 0.25) is 0 Å². The molecular formula is C13H17FO5. The Morgan fingerprint density at radius 2 is 2.05 bits per heavy atom. The molecule has 0 bridgehead atoms. The van der Waals surface area contributed by atoms with E-state index in [-0.39, 0.29) is 29.2 Å². The predicted octanol–water partition coefficient (Wildman–Crippen LogP) is 1.77. The van der Waals surface area contributed by atoms with Gasteiger partial charge in [0.05, 0.1) is 20.8 Å². The van der Waals surface area contributed by atoms with Crippen LogP contribution >= 0.6 is 0 Å². The van der Waals surface area contributed by atoms with Crippen LogP contribution < -0.4 is 9.47 Å². The van der Waals surface area contributed by atoms with Crippen LogP contribution in [0.1, 0.15) is 24.2 Å². The van der Waals surface area contributed by atoms with Gasteiger partial charge in [-0.2, -0.15) is 0 Å². The lowest BCUT2D eigenvalue weighted by molar-refractivity contribution is -0.153.